The van der Waals surface area contributed by atoms with Crippen molar-refractivity contribution in [2.45, 2.75) is 18.4 Å². The smallest absolute Gasteiger partial charge is 0.126 e. The van der Waals surface area contributed by atoms with Crippen LogP contribution in [0.3, 0.4) is 0 Å². The van der Waals surface area contributed by atoms with Crippen molar-refractivity contribution in [3.05, 3.63) is 35.6 Å². The van der Waals surface area contributed by atoms with E-state index in [1.165, 1.54) is 6.07 Å². The third-order valence-corrected chi connectivity index (χ3v) is 3.83. The molecule has 2 rings (SSSR count). The molecule has 1 nitrogen and oxygen atoms in total. The average Bonchev–Trinajstić information content (AvgIpc) is 2.20. The van der Waals surface area contributed by atoms with Gasteiger partial charge in [-0.05, 0) is 23.8 Å². The number of halogens is 1. The minimum Gasteiger partial charge on any atom is -0.327 e. The summed E-state index contributed by atoms with van der Waals surface area (Å²) in [4.78, 5) is 0. The SMILES string of the molecule is NC1CCSCC1c1ccccc1F. The molecule has 2 unspecified atom stereocenters. The van der Waals surface area contributed by atoms with Crippen molar-refractivity contribution in [2.24, 2.45) is 5.73 Å². The summed E-state index contributed by atoms with van der Waals surface area (Å²) in [5, 5.41) is 0. The van der Waals surface area contributed by atoms with Crippen molar-refractivity contribution < 1.29 is 4.39 Å². The molecule has 14 heavy (non-hydrogen) atoms. The van der Waals surface area contributed by atoms with Gasteiger partial charge in [0.25, 0.3) is 0 Å². The van der Waals surface area contributed by atoms with Gasteiger partial charge in [-0.1, -0.05) is 18.2 Å². The Morgan fingerprint density at radius 3 is 2.86 bits per heavy atom. The van der Waals surface area contributed by atoms with Crippen LogP contribution in [0, 0.1) is 5.82 Å². The molecule has 0 aromatic heterocycles. The van der Waals surface area contributed by atoms with Gasteiger partial charge in [0.2, 0.25) is 0 Å². The Bertz CT molecular complexity index is 316. The number of thioether (sulfide) groups is 1. The molecule has 0 radical (unpaired) electrons. The second-order valence-electron chi connectivity index (χ2n) is 3.66. The Kier molecular flexibility index (Phi) is 3.08. The lowest BCUT2D eigenvalue weighted by molar-refractivity contribution is 0.514. The molecule has 1 aliphatic rings. The van der Waals surface area contributed by atoms with E-state index < -0.39 is 0 Å². The Labute approximate surface area is 87.9 Å². The highest BCUT2D eigenvalue weighted by atomic mass is 32.2. The number of benzene rings is 1. The van der Waals surface area contributed by atoms with E-state index in [2.05, 4.69) is 0 Å². The zero-order valence-electron chi connectivity index (χ0n) is 7.95. The summed E-state index contributed by atoms with van der Waals surface area (Å²) in [5.74, 6) is 2.12. The molecule has 0 bridgehead atoms. The van der Waals surface area contributed by atoms with Gasteiger partial charge in [-0.3, -0.25) is 0 Å². The first-order chi connectivity index (χ1) is 6.79. The highest BCUT2D eigenvalue weighted by Crippen LogP contribution is 2.31. The normalized spacial score (nSPS) is 27.6. The van der Waals surface area contributed by atoms with Crippen LogP contribution in [0.1, 0.15) is 17.9 Å². The third-order valence-electron chi connectivity index (χ3n) is 2.71. The highest BCUT2D eigenvalue weighted by molar-refractivity contribution is 7.99. The number of hydrogen-bond acceptors (Lipinski definition) is 2. The van der Waals surface area contributed by atoms with Gasteiger partial charge < -0.3 is 5.73 Å². The standard InChI is InChI=1S/C11H14FNS/c12-10-4-2-1-3-8(10)9-7-14-6-5-11(9)13/h1-4,9,11H,5-7,13H2. The van der Waals surface area contributed by atoms with Crippen LogP contribution >= 0.6 is 11.8 Å². The highest BCUT2D eigenvalue weighted by Gasteiger charge is 2.25. The molecule has 1 aromatic carbocycles. The van der Waals surface area contributed by atoms with Crippen LogP contribution in [0.2, 0.25) is 0 Å². The maximum Gasteiger partial charge on any atom is 0.126 e. The molecular formula is C11H14FNS. The fraction of sp³-hybridized carbons (Fsp3) is 0.455. The molecule has 0 saturated carbocycles. The molecule has 2 atom stereocenters. The Morgan fingerprint density at radius 2 is 2.14 bits per heavy atom. The first-order valence-electron chi connectivity index (χ1n) is 4.87. The fourth-order valence-corrected chi connectivity index (χ4v) is 3.14. The monoisotopic (exact) mass is 211 g/mol. The van der Waals surface area contributed by atoms with Crippen LogP contribution in [-0.2, 0) is 0 Å². The summed E-state index contributed by atoms with van der Waals surface area (Å²) in [6.07, 6.45) is 0.990. The van der Waals surface area contributed by atoms with Crippen LogP contribution in [0.15, 0.2) is 24.3 Å². The van der Waals surface area contributed by atoms with Crippen molar-refractivity contribution in [1.82, 2.24) is 0 Å². The molecule has 1 saturated heterocycles. The molecule has 1 aliphatic heterocycles. The van der Waals surface area contributed by atoms with Gasteiger partial charge in [0, 0.05) is 17.7 Å². The predicted molar refractivity (Wildman–Crippen MR) is 59.1 cm³/mol. The van der Waals surface area contributed by atoms with Crippen molar-refractivity contribution in [3.8, 4) is 0 Å². The van der Waals surface area contributed by atoms with Gasteiger partial charge in [-0.15, -0.1) is 0 Å². The van der Waals surface area contributed by atoms with Crippen molar-refractivity contribution >= 4 is 11.8 Å². The molecule has 1 fully saturated rings. The molecule has 3 heteroatoms. The molecule has 1 heterocycles. The quantitative estimate of drug-likeness (QED) is 0.771. The fourth-order valence-electron chi connectivity index (χ4n) is 1.85. The molecule has 0 aliphatic carbocycles. The number of hydrogen-bond donors (Lipinski definition) is 1. The maximum absolute atomic E-state index is 13.5. The number of nitrogens with two attached hydrogens (primary N) is 1. The lowest BCUT2D eigenvalue weighted by Crippen LogP contribution is -2.34. The van der Waals surface area contributed by atoms with Gasteiger partial charge in [0.15, 0.2) is 0 Å². The summed E-state index contributed by atoms with van der Waals surface area (Å²) in [7, 11) is 0. The van der Waals surface area contributed by atoms with Gasteiger partial charge in [-0.25, -0.2) is 4.39 Å². The first-order valence-corrected chi connectivity index (χ1v) is 6.02. The second-order valence-corrected chi connectivity index (χ2v) is 4.81. The predicted octanol–water partition coefficient (Wildman–Crippen LogP) is 2.37. The minimum absolute atomic E-state index is 0.115. The van der Waals surface area contributed by atoms with E-state index in [4.69, 9.17) is 5.73 Å². The lowest BCUT2D eigenvalue weighted by Gasteiger charge is -2.28. The topological polar surface area (TPSA) is 26.0 Å². The van der Waals surface area contributed by atoms with Crippen molar-refractivity contribution in [1.29, 1.82) is 0 Å². The number of rotatable bonds is 1. The lowest BCUT2D eigenvalue weighted by atomic mass is 9.91. The average molecular weight is 211 g/mol. The summed E-state index contributed by atoms with van der Waals surface area (Å²) in [5.41, 5.74) is 6.78. The summed E-state index contributed by atoms with van der Waals surface area (Å²) in [6.45, 7) is 0. The maximum atomic E-state index is 13.5. The van der Waals surface area contributed by atoms with E-state index in [1.807, 2.05) is 23.9 Å². The van der Waals surface area contributed by atoms with Crippen molar-refractivity contribution in [2.75, 3.05) is 11.5 Å². The molecule has 1 aromatic rings. The van der Waals surface area contributed by atoms with E-state index in [-0.39, 0.29) is 17.8 Å². The van der Waals surface area contributed by atoms with E-state index >= 15 is 0 Å². The van der Waals surface area contributed by atoms with E-state index in [9.17, 15) is 4.39 Å². The Morgan fingerprint density at radius 1 is 1.36 bits per heavy atom. The van der Waals surface area contributed by atoms with Crippen LogP contribution in [0.25, 0.3) is 0 Å². The van der Waals surface area contributed by atoms with Gasteiger partial charge >= 0.3 is 0 Å². The van der Waals surface area contributed by atoms with E-state index in [0.29, 0.717) is 0 Å². The van der Waals surface area contributed by atoms with Crippen LogP contribution in [0.4, 0.5) is 4.39 Å². The summed E-state index contributed by atoms with van der Waals surface area (Å²) < 4.78 is 13.5. The molecule has 76 valence electrons. The zero-order valence-corrected chi connectivity index (χ0v) is 8.77. The van der Waals surface area contributed by atoms with E-state index in [0.717, 1.165) is 23.5 Å². The largest absolute Gasteiger partial charge is 0.327 e. The van der Waals surface area contributed by atoms with Crippen molar-refractivity contribution in [3.63, 3.8) is 0 Å². The summed E-state index contributed by atoms with van der Waals surface area (Å²) >= 11 is 1.86. The van der Waals surface area contributed by atoms with Crippen LogP contribution in [-0.4, -0.2) is 17.5 Å². The molecule has 0 spiro atoms. The first kappa shape index (κ1) is 9.99. The van der Waals surface area contributed by atoms with Gasteiger partial charge in [0.1, 0.15) is 5.82 Å². The molecule has 2 N–H and O–H groups in total. The van der Waals surface area contributed by atoms with Gasteiger partial charge in [-0.2, -0.15) is 11.8 Å². The van der Waals surface area contributed by atoms with Gasteiger partial charge in [0.05, 0.1) is 0 Å². The molecular weight excluding hydrogens is 197 g/mol. The Hall–Kier alpha value is -0.540. The van der Waals surface area contributed by atoms with Crippen LogP contribution < -0.4 is 5.73 Å². The summed E-state index contributed by atoms with van der Waals surface area (Å²) in [6, 6.07) is 7.09. The van der Waals surface area contributed by atoms with Crippen LogP contribution in [0.5, 0.6) is 0 Å². The molecule has 0 amide bonds. The zero-order chi connectivity index (χ0) is 9.97. The minimum atomic E-state index is -0.115. The Balaban J connectivity index is 2.25. The van der Waals surface area contributed by atoms with E-state index in [1.54, 1.807) is 6.07 Å². The second kappa shape index (κ2) is 4.32. The third kappa shape index (κ3) is 1.93.